The average Bonchev–Trinajstić information content (AvgIpc) is 2.96. The molecular formula is C13H14N4O2S. The SMILES string of the molecule is O=C(CSc1n[nH]c(/C=C/c2ccco2)n1)NC1CC1. The first-order valence-electron chi connectivity index (χ1n) is 6.36. The largest absolute Gasteiger partial charge is 0.465 e. The molecule has 0 aromatic carbocycles. The van der Waals surface area contributed by atoms with Gasteiger partial charge in [0.15, 0.2) is 0 Å². The van der Waals surface area contributed by atoms with Crippen molar-refractivity contribution in [1.29, 1.82) is 0 Å². The minimum absolute atomic E-state index is 0.0370. The van der Waals surface area contributed by atoms with Gasteiger partial charge in [-0.15, -0.1) is 5.10 Å². The number of rotatable bonds is 6. The zero-order chi connectivity index (χ0) is 13.8. The minimum atomic E-state index is 0.0370. The van der Waals surface area contributed by atoms with Gasteiger partial charge in [-0.05, 0) is 37.1 Å². The molecule has 1 amide bonds. The highest BCUT2D eigenvalue weighted by molar-refractivity contribution is 7.99. The quantitative estimate of drug-likeness (QED) is 0.794. The Morgan fingerprint density at radius 2 is 2.45 bits per heavy atom. The second-order valence-electron chi connectivity index (χ2n) is 4.48. The molecule has 20 heavy (non-hydrogen) atoms. The summed E-state index contributed by atoms with van der Waals surface area (Å²) in [5.41, 5.74) is 0. The van der Waals surface area contributed by atoms with Crippen molar-refractivity contribution < 1.29 is 9.21 Å². The molecule has 1 aliphatic carbocycles. The van der Waals surface area contributed by atoms with Crippen LogP contribution in [0.3, 0.4) is 0 Å². The fourth-order valence-electron chi connectivity index (χ4n) is 1.57. The number of aromatic amines is 1. The van der Waals surface area contributed by atoms with E-state index in [-0.39, 0.29) is 5.91 Å². The lowest BCUT2D eigenvalue weighted by Crippen LogP contribution is -2.27. The van der Waals surface area contributed by atoms with Crippen molar-refractivity contribution in [3.63, 3.8) is 0 Å². The molecule has 0 radical (unpaired) electrons. The molecule has 2 N–H and O–H groups in total. The van der Waals surface area contributed by atoms with Crippen LogP contribution in [0.25, 0.3) is 12.2 Å². The maximum absolute atomic E-state index is 11.5. The number of hydrogen-bond acceptors (Lipinski definition) is 5. The lowest BCUT2D eigenvalue weighted by Gasteiger charge is -1.99. The number of thioether (sulfide) groups is 1. The molecule has 7 heteroatoms. The normalized spacial score (nSPS) is 14.8. The topological polar surface area (TPSA) is 83.8 Å². The molecule has 1 saturated carbocycles. The number of aromatic nitrogens is 3. The van der Waals surface area contributed by atoms with Gasteiger partial charge in [0.05, 0.1) is 12.0 Å². The van der Waals surface area contributed by atoms with Gasteiger partial charge in [-0.1, -0.05) is 11.8 Å². The zero-order valence-electron chi connectivity index (χ0n) is 10.7. The molecule has 3 rings (SSSR count). The maximum atomic E-state index is 11.5. The monoisotopic (exact) mass is 290 g/mol. The summed E-state index contributed by atoms with van der Waals surface area (Å²) in [6.07, 6.45) is 7.38. The Hall–Kier alpha value is -2.02. The van der Waals surface area contributed by atoms with E-state index in [4.69, 9.17) is 4.42 Å². The summed E-state index contributed by atoms with van der Waals surface area (Å²) >= 11 is 1.32. The molecule has 104 valence electrons. The van der Waals surface area contributed by atoms with E-state index in [1.807, 2.05) is 12.1 Å². The third-order valence-electron chi connectivity index (χ3n) is 2.71. The number of carbonyl (C=O) groups excluding carboxylic acids is 1. The lowest BCUT2D eigenvalue weighted by atomic mass is 10.4. The highest BCUT2D eigenvalue weighted by Crippen LogP contribution is 2.19. The molecule has 1 fully saturated rings. The second kappa shape index (κ2) is 5.96. The molecule has 0 unspecified atom stereocenters. The van der Waals surface area contributed by atoms with Gasteiger partial charge in [0, 0.05) is 6.04 Å². The van der Waals surface area contributed by atoms with Gasteiger partial charge in [0.25, 0.3) is 0 Å². The van der Waals surface area contributed by atoms with E-state index in [1.54, 1.807) is 18.4 Å². The molecular weight excluding hydrogens is 276 g/mol. The molecule has 2 aromatic heterocycles. The van der Waals surface area contributed by atoms with Crippen molar-refractivity contribution in [2.24, 2.45) is 0 Å². The van der Waals surface area contributed by atoms with Crippen molar-refractivity contribution in [3.05, 3.63) is 30.0 Å². The van der Waals surface area contributed by atoms with Crippen molar-refractivity contribution in [2.75, 3.05) is 5.75 Å². The van der Waals surface area contributed by atoms with Crippen LogP contribution in [0.4, 0.5) is 0 Å². The van der Waals surface area contributed by atoms with Gasteiger partial charge in [0.2, 0.25) is 11.1 Å². The Labute approximate surface area is 120 Å². The van der Waals surface area contributed by atoms with Crippen LogP contribution in [-0.4, -0.2) is 32.9 Å². The van der Waals surface area contributed by atoms with Crippen LogP contribution in [0.1, 0.15) is 24.4 Å². The van der Waals surface area contributed by atoms with Gasteiger partial charge in [-0.25, -0.2) is 4.98 Å². The first-order chi connectivity index (χ1) is 9.79. The van der Waals surface area contributed by atoms with E-state index in [2.05, 4.69) is 20.5 Å². The van der Waals surface area contributed by atoms with E-state index < -0.39 is 0 Å². The summed E-state index contributed by atoms with van der Waals surface area (Å²) in [5, 5.41) is 10.3. The Morgan fingerprint density at radius 3 is 3.20 bits per heavy atom. The van der Waals surface area contributed by atoms with E-state index in [0.29, 0.717) is 22.8 Å². The third-order valence-corrected chi connectivity index (χ3v) is 3.55. The van der Waals surface area contributed by atoms with Crippen molar-refractivity contribution >= 4 is 29.8 Å². The van der Waals surface area contributed by atoms with Crippen molar-refractivity contribution in [3.8, 4) is 0 Å². The summed E-state index contributed by atoms with van der Waals surface area (Å²) in [4.78, 5) is 15.8. The average molecular weight is 290 g/mol. The van der Waals surface area contributed by atoms with Crippen LogP contribution in [0.2, 0.25) is 0 Å². The van der Waals surface area contributed by atoms with Crippen molar-refractivity contribution in [1.82, 2.24) is 20.5 Å². The number of furan rings is 1. The van der Waals surface area contributed by atoms with E-state index in [1.165, 1.54) is 11.8 Å². The number of hydrogen-bond donors (Lipinski definition) is 2. The lowest BCUT2D eigenvalue weighted by molar-refractivity contribution is -0.118. The highest BCUT2D eigenvalue weighted by atomic mass is 32.2. The first kappa shape index (κ1) is 13.0. The van der Waals surface area contributed by atoms with Crippen LogP contribution >= 0.6 is 11.8 Å². The highest BCUT2D eigenvalue weighted by Gasteiger charge is 2.23. The zero-order valence-corrected chi connectivity index (χ0v) is 11.5. The standard InChI is InChI=1S/C13H14N4O2S/c18-12(14-9-3-4-9)8-20-13-15-11(16-17-13)6-5-10-2-1-7-19-10/h1-2,5-7,9H,3-4,8H2,(H,14,18)(H,15,16,17)/b6-5+. The third kappa shape index (κ3) is 3.74. The van der Waals surface area contributed by atoms with E-state index in [9.17, 15) is 4.79 Å². The molecule has 2 heterocycles. The number of nitrogens with zero attached hydrogens (tertiary/aromatic N) is 2. The molecule has 0 spiro atoms. The van der Waals surface area contributed by atoms with Crippen LogP contribution in [0.15, 0.2) is 28.0 Å². The van der Waals surface area contributed by atoms with Gasteiger partial charge in [0.1, 0.15) is 11.6 Å². The number of carbonyl (C=O) groups is 1. The molecule has 2 aromatic rings. The summed E-state index contributed by atoms with van der Waals surface area (Å²) < 4.78 is 5.18. The first-order valence-corrected chi connectivity index (χ1v) is 7.34. The maximum Gasteiger partial charge on any atom is 0.230 e. The molecule has 6 nitrogen and oxygen atoms in total. The summed E-state index contributed by atoms with van der Waals surface area (Å²) in [6, 6.07) is 4.06. The minimum Gasteiger partial charge on any atom is -0.465 e. The van der Waals surface area contributed by atoms with E-state index >= 15 is 0 Å². The molecule has 0 aliphatic heterocycles. The predicted octanol–water partition coefficient (Wildman–Crippen LogP) is 1.94. The Bertz CT molecular complexity index is 602. The van der Waals surface area contributed by atoms with Gasteiger partial charge in [-0.3, -0.25) is 9.89 Å². The molecule has 1 aliphatic rings. The number of H-pyrrole nitrogens is 1. The van der Waals surface area contributed by atoms with Crippen LogP contribution in [0, 0.1) is 0 Å². The molecule has 0 saturated heterocycles. The van der Waals surface area contributed by atoms with Crippen LogP contribution in [0.5, 0.6) is 0 Å². The number of nitrogens with one attached hydrogen (secondary N) is 2. The summed E-state index contributed by atoms with van der Waals surface area (Å²) in [5.74, 6) is 1.76. The Morgan fingerprint density at radius 1 is 1.55 bits per heavy atom. The van der Waals surface area contributed by atoms with Crippen LogP contribution in [-0.2, 0) is 4.79 Å². The second-order valence-corrected chi connectivity index (χ2v) is 5.42. The summed E-state index contributed by atoms with van der Waals surface area (Å²) in [7, 11) is 0. The van der Waals surface area contributed by atoms with Crippen molar-refractivity contribution in [2.45, 2.75) is 24.0 Å². The van der Waals surface area contributed by atoms with Gasteiger partial charge in [-0.2, -0.15) is 0 Å². The number of amides is 1. The van der Waals surface area contributed by atoms with E-state index in [0.717, 1.165) is 18.6 Å². The molecule has 0 atom stereocenters. The Balaban J connectivity index is 1.49. The Kier molecular flexibility index (Phi) is 3.87. The fraction of sp³-hybridized carbons (Fsp3) is 0.308. The smallest absolute Gasteiger partial charge is 0.230 e. The summed E-state index contributed by atoms with van der Waals surface area (Å²) in [6.45, 7) is 0. The van der Waals surface area contributed by atoms with Crippen LogP contribution < -0.4 is 5.32 Å². The predicted molar refractivity (Wildman–Crippen MR) is 75.9 cm³/mol. The fourth-order valence-corrected chi connectivity index (χ4v) is 2.19. The molecule has 0 bridgehead atoms. The van der Waals surface area contributed by atoms with Gasteiger partial charge < -0.3 is 9.73 Å². The van der Waals surface area contributed by atoms with Gasteiger partial charge >= 0.3 is 0 Å².